The summed E-state index contributed by atoms with van der Waals surface area (Å²) in [6.07, 6.45) is 16.9. The molecule has 0 radical (unpaired) electrons. The minimum absolute atomic E-state index is 0.0696. The number of nitrogens with zero attached hydrogens (tertiary/aromatic N) is 6. The van der Waals surface area contributed by atoms with Crippen LogP contribution in [0.3, 0.4) is 0 Å². The zero-order chi connectivity index (χ0) is 32.5. The highest BCUT2D eigenvalue weighted by Crippen LogP contribution is 2.52. The van der Waals surface area contributed by atoms with Crippen molar-refractivity contribution in [1.29, 1.82) is 0 Å². The van der Waals surface area contributed by atoms with Crippen molar-refractivity contribution in [2.24, 2.45) is 24.3 Å². The van der Waals surface area contributed by atoms with Crippen LogP contribution in [-0.4, -0.2) is 68.4 Å². The van der Waals surface area contributed by atoms with Crippen LogP contribution in [0, 0.1) is 17.3 Å². The molecule has 1 spiro atoms. The first-order chi connectivity index (χ1) is 22.8. The number of aromatic nitrogens is 4. The predicted octanol–water partition coefficient (Wildman–Crippen LogP) is 6.62. The number of benzene rings is 1. The molecule has 3 aliphatic carbocycles. The average molecular weight is 640 g/mol. The zero-order valence-electron chi connectivity index (χ0n) is 28.6. The molecule has 0 amide bonds. The number of carboxylic acid groups (broad SMARTS) is 1. The van der Waals surface area contributed by atoms with Gasteiger partial charge in [-0.2, -0.15) is 10.1 Å². The minimum Gasteiger partial charge on any atom is -0.481 e. The Bertz CT molecular complexity index is 1530. The van der Waals surface area contributed by atoms with E-state index in [1.165, 1.54) is 54.6 Å². The summed E-state index contributed by atoms with van der Waals surface area (Å²) in [7, 11) is 4.15. The van der Waals surface area contributed by atoms with E-state index in [1.54, 1.807) is 0 Å². The maximum Gasteiger partial charge on any atom is 0.306 e. The summed E-state index contributed by atoms with van der Waals surface area (Å²) in [6.45, 7) is 5.52. The molecule has 3 heterocycles. The number of hydrogen-bond acceptors (Lipinski definition) is 7. The largest absolute Gasteiger partial charge is 0.481 e. The third-order valence-corrected chi connectivity index (χ3v) is 12.0. The lowest BCUT2D eigenvalue weighted by molar-refractivity contribution is -0.143. The van der Waals surface area contributed by atoms with E-state index in [2.05, 4.69) is 70.7 Å². The number of piperidine rings is 1. The third-order valence-electron chi connectivity index (χ3n) is 12.0. The second-order valence-electron chi connectivity index (χ2n) is 15.2. The number of fused-ring (bicyclic) bond motifs is 1. The fraction of sp³-hybridized carbons (Fsp3) is 0.632. The van der Waals surface area contributed by atoms with Crippen LogP contribution >= 0.6 is 0 Å². The van der Waals surface area contributed by atoms with Gasteiger partial charge in [0.2, 0.25) is 5.95 Å². The highest BCUT2D eigenvalue weighted by molar-refractivity contribution is 5.70. The maximum atomic E-state index is 11.7. The lowest BCUT2D eigenvalue weighted by Crippen LogP contribution is -2.41. The monoisotopic (exact) mass is 639 g/mol. The molecule has 1 aliphatic heterocycles. The van der Waals surface area contributed by atoms with E-state index in [-0.39, 0.29) is 18.0 Å². The van der Waals surface area contributed by atoms with Crippen LogP contribution < -0.4 is 10.2 Å². The van der Waals surface area contributed by atoms with E-state index in [9.17, 15) is 9.90 Å². The van der Waals surface area contributed by atoms with E-state index in [0.29, 0.717) is 17.3 Å². The Morgan fingerprint density at radius 3 is 2.57 bits per heavy atom. The molecule has 252 valence electrons. The van der Waals surface area contributed by atoms with Gasteiger partial charge in [0.15, 0.2) is 0 Å². The smallest absolute Gasteiger partial charge is 0.306 e. The molecule has 7 rings (SSSR count). The first kappa shape index (κ1) is 32.1. The second-order valence-corrected chi connectivity index (χ2v) is 15.2. The predicted molar refractivity (Wildman–Crippen MR) is 186 cm³/mol. The van der Waals surface area contributed by atoms with Gasteiger partial charge in [-0.25, -0.2) is 4.98 Å². The van der Waals surface area contributed by atoms with Crippen molar-refractivity contribution in [3.63, 3.8) is 0 Å². The normalized spacial score (nSPS) is 25.1. The summed E-state index contributed by atoms with van der Waals surface area (Å²) in [6, 6.07) is 11.3. The van der Waals surface area contributed by atoms with Crippen molar-refractivity contribution < 1.29 is 9.90 Å². The van der Waals surface area contributed by atoms with Crippen molar-refractivity contribution in [3.05, 3.63) is 65.1 Å². The standard InChI is InChI=1S/C38H53N7O2/c1-4-34(27-11-13-28(14-12-27)36(46)47)44(3)37-41-32-16-15-29(26-9-6-5-7-10-26)21-31(32)35(42-37)40-33(30-22-39-43(2)23-30)24-45-20-8-17-38(25-45)18-19-38/h5-7,9-10,22-23,27-29,33-34H,4,8,11-21,24-25H2,1-3H3,(H,46,47)(H,40,41,42)/t27?,28?,29-,33?,34-/m1/s1. The molecule has 47 heavy (non-hydrogen) atoms. The summed E-state index contributed by atoms with van der Waals surface area (Å²) in [4.78, 5) is 27.3. The first-order valence-electron chi connectivity index (χ1n) is 18.2. The molecule has 9 nitrogen and oxygen atoms in total. The number of carbonyl (C=O) groups is 1. The van der Waals surface area contributed by atoms with Crippen LogP contribution in [0.25, 0.3) is 0 Å². The van der Waals surface area contributed by atoms with Gasteiger partial charge in [0.1, 0.15) is 5.82 Å². The Hall–Kier alpha value is -3.46. The highest BCUT2D eigenvalue weighted by atomic mass is 16.4. The van der Waals surface area contributed by atoms with Crippen LogP contribution in [0.2, 0.25) is 0 Å². The molecule has 2 saturated carbocycles. The molecule has 3 fully saturated rings. The van der Waals surface area contributed by atoms with Gasteiger partial charge in [0.25, 0.3) is 0 Å². The summed E-state index contributed by atoms with van der Waals surface area (Å²) in [5, 5.41) is 18.2. The van der Waals surface area contributed by atoms with Gasteiger partial charge in [-0.3, -0.25) is 9.48 Å². The molecule has 9 heteroatoms. The first-order valence-corrected chi connectivity index (χ1v) is 18.2. The Morgan fingerprint density at radius 2 is 1.89 bits per heavy atom. The molecule has 4 aliphatic rings. The Balaban J connectivity index is 1.20. The van der Waals surface area contributed by atoms with Gasteiger partial charge in [0.05, 0.1) is 23.9 Å². The van der Waals surface area contributed by atoms with E-state index >= 15 is 0 Å². The van der Waals surface area contributed by atoms with Gasteiger partial charge in [-0.15, -0.1) is 0 Å². The molecule has 1 aromatic carbocycles. The van der Waals surface area contributed by atoms with Gasteiger partial charge >= 0.3 is 5.97 Å². The van der Waals surface area contributed by atoms with Crippen LogP contribution in [0.1, 0.15) is 105 Å². The van der Waals surface area contributed by atoms with Crippen molar-refractivity contribution in [2.45, 2.75) is 102 Å². The van der Waals surface area contributed by atoms with Crippen LogP contribution in [0.4, 0.5) is 11.8 Å². The molecule has 1 unspecified atom stereocenters. The number of rotatable bonds is 11. The SMILES string of the molecule is CC[C@H](C1CCC(C(=O)O)CC1)N(C)c1nc2c(c(NC(CN3CCCC4(CC4)C3)c3cnn(C)c3)n1)C[C@H](c1ccccc1)CC2. The fourth-order valence-corrected chi connectivity index (χ4v) is 9.04. The Kier molecular flexibility index (Phi) is 9.27. The van der Waals surface area contributed by atoms with Crippen LogP contribution in [0.5, 0.6) is 0 Å². The van der Waals surface area contributed by atoms with Gasteiger partial charge < -0.3 is 20.2 Å². The molecule has 1 saturated heterocycles. The molecule has 0 bridgehead atoms. The number of anilines is 2. The molecule has 3 atom stereocenters. The van der Waals surface area contributed by atoms with E-state index < -0.39 is 5.97 Å². The second kappa shape index (κ2) is 13.6. The minimum atomic E-state index is -0.646. The summed E-state index contributed by atoms with van der Waals surface area (Å²) in [5.41, 5.74) is 5.57. The lowest BCUT2D eigenvalue weighted by atomic mass is 9.77. The number of hydrogen-bond donors (Lipinski definition) is 2. The van der Waals surface area contributed by atoms with Gasteiger partial charge in [-0.1, -0.05) is 37.3 Å². The van der Waals surface area contributed by atoms with Crippen LogP contribution in [0.15, 0.2) is 42.7 Å². The van der Waals surface area contributed by atoms with Crippen LogP contribution in [-0.2, 0) is 24.7 Å². The molecule has 2 aromatic heterocycles. The number of likely N-dealkylation sites (tertiary alicyclic amines) is 1. The van der Waals surface area contributed by atoms with Crippen molar-refractivity contribution in [1.82, 2.24) is 24.6 Å². The number of aryl methyl sites for hydroxylation is 2. The topological polar surface area (TPSA) is 99.4 Å². The number of aliphatic carboxylic acids is 1. The van der Waals surface area contributed by atoms with Gasteiger partial charge in [0, 0.05) is 50.6 Å². The Labute approximate surface area is 280 Å². The average Bonchev–Trinajstić information content (AvgIpc) is 3.68. The van der Waals surface area contributed by atoms with Crippen molar-refractivity contribution >= 4 is 17.7 Å². The van der Waals surface area contributed by atoms with E-state index in [1.807, 2.05) is 17.9 Å². The number of carboxylic acids is 1. The third kappa shape index (κ3) is 7.06. The highest BCUT2D eigenvalue weighted by Gasteiger charge is 2.45. The molecular formula is C38H53N7O2. The number of nitrogens with one attached hydrogen (secondary N) is 1. The quantitative estimate of drug-likeness (QED) is 0.242. The summed E-state index contributed by atoms with van der Waals surface area (Å²) in [5.74, 6) is 1.79. The zero-order valence-corrected chi connectivity index (χ0v) is 28.6. The van der Waals surface area contributed by atoms with Crippen molar-refractivity contribution in [2.75, 3.05) is 36.9 Å². The van der Waals surface area contributed by atoms with E-state index in [0.717, 1.165) is 76.2 Å². The molecule has 2 N–H and O–H groups in total. The van der Waals surface area contributed by atoms with Gasteiger partial charge in [-0.05, 0) is 106 Å². The summed E-state index contributed by atoms with van der Waals surface area (Å²) < 4.78 is 1.91. The molecule has 3 aromatic rings. The lowest BCUT2D eigenvalue weighted by Gasteiger charge is -2.38. The van der Waals surface area contributed by atoms with E-state index in [4.69, 9.17) is 9.97 Å². The fourth-order valence-electron chi connectivity index (χ4n) is 9.04. The Morgan fingerprint density at radius 1 is 1.11 bits per heavy atom. The maximum absolute atomic E-state index is 11.7. The molecular weight excluding hydrogens is 586 g/mol. The van der Waals surface area contributed by atoms with Crippen molar-refractivity contribution in [3.8, 4) is 0 Å². The summed E-state index contributed by atoms with van der Waals surface area (Å²) >= 11 is 0.